The molecule has 1 aliphatic carbocycles. The summed E-state index contributed by atoms with van der Waals surface area (Å²) in [5.74, 6) is -1.44. The first-order valence-electron chi connectivity index (χ1n) is 7.01. The molecule has 3 N–H and O–H groups in total. The molecule has 0 spiro atoms. The van der Waals surface area contributed by atoms with Gasteiger partial charge in [-0.15, -0.1) is 0 Å². The van der Waals surface area contributed by atoms with E-state index in [0.717, 1.165) is 12.8 Å². The van der Waals surface area contributed by atoms with Crippen LogP contribution in [0.5, 0.6) is 0 Å². The van der Waals surface area contributed by atoms with Crippen LogP contribution in [0.2, 0.25) is 0 Å². The number of carbonyl (C=O) groups excluding carboxylic acids is 2. The number of nitrogens with zero attached hydrogens (tertiary/aromatic N) is 1. The maximum atomic E-state index is 12.4. The molecular weight excluding hydrogens is 278 g/mol. The number of carbonyl (C=O) groups is 3. The smallest absolute Gasteiger partial charge is 0.329 e. The highest BCUT2D eigenvalue weighted by Gasteiger charge is 2.49. The lowest BCUT2D eigenvalue weighted by Crippen LogP contribution is -2.63. The Labute approximate surface area is 122 Å². The van der Waals surface area contributed by atoms with E-state index < -0.39 is 23.6 Å². The lowest BCUT2D eigenvalue weighted by atomic mass is 9.96. The lowest BCUT2D eigenvalue weighted by molar-refractivity contribution is -0.144. The van der Waals surface area contributed by atoms with Crippen molar-refractivity contribution in [2.75, 3.05) is 26.8 Å². The molecule has 1 heterocycles. The molecule has 1 saturated heterocycles. The van der Waals surface area contributed by atoms with Gasteiger partial charge in [-0.1, -0.05) is 0 Å². The molecule has 2 aliphatic rings. The SMILES string of the molecule is CNC(=O)C1COCCN1C(=O)NC(C)(C(=O)O)C1CC1. The summed E-state index contributed by atoms with van der Waals surface area (Å²) >= 11 is 0. The second-order valence-corrected chi connectivity index (χ2v) is 5.61. The van der Waals surface area contributed by atoms with Gasteiger partial charge in [-0.25, -0.2) is 9.59 Å². The van der Waals surface area contributed by atoms with E-state index >= 15 is 0 Å². The number of aliphatic carboxylic acids is 1. The van der Waals surface area contributed by atoms with Crippen LogP contribution in [0.25, 0.3) is 0 Å². The van der Waals surface area contributed by atoms with Crippen molar-refractivity contribution in [3.05, 3.63) is 0 Å². The predicted molar refractivity (Wildman–Crippen MR) is 72.7 cm³/mol. The van der Waals surface area contributed by atoms with Gasteiger partial charge in [0.05, 0.1) is 13.2 Å². The van der Waals surface area contributed by atoms with Gasteiger partial charge in [0, 0.05) is 13.6 Å². The quantitative estimate of drug-likeness (QED) is 0.642. The van der Waals surface area contributed by atoms with Crippen molar-refractivity contribution in [1.82, 2.24) is 15.5 Å². The van der Waals surface area contributed by atoms with Crippen molar-refractivity contribution in [2.45, 2.75) is 31.3 Å². The van der Waals surface area contributed by atoms with Crippen LogP contribution >= 0.6 is 0 Å². The Balaban J connectivity index is 2.10. The topological polar surface area (TPSA) is 108 Å². The number of likely N-dealkylation sites (N-methyl/N-ethyl adjacent to an activating group) is 1. The molecule has 8 heteroatoms. The van der Waals surface area contributed by atoms with E-state index in [2.05, 4.69) is 10.6 Å². The fraction of sp³-hybridized carbons (Fsp3) is 0.769. The number of carboxylic acid groups (broad SMARTS) is 1. The van der Waals surface area contributed by atoms with Gasteiger partial charge in [-0.05, 0) is 25.7 Å². The highest BCUT2D eigenvalue weighted by molar-refractivity contribution is 5.90. The zero-order chi connectivity index (χ0) is 15.6. The Morgan fingerprint density at radius 2 is 2.00 bits per heavy atom. The van der Waals surface area contributed by atoms with Gasteiger partial charge >= 0.3 is 12.0 Å². The molecule has 0 aromatic heterocycles. The van der Waals surface area contributed by atoms with Crippen molar-refractivity contribution in [2.24, 2.45) is 5.92 Å². The van der Waals surface area contributed by atoms with Crippen LogP contribution in [0, 0.1) is 5.92 Å². The molecule has 2 unspecified atom stereocenters. The van der Waals surface area contributed by atoms with Gasteiger partial charge in [0.2, 0.25) is 5.91 Å². The van der Waals surface area contributed by atoms with Gasteiger partial charge < -0.3 is 25.4 Å². The molecule has 2 rings (SSSR count). The van der Waals surface area contributed by atoms with Gasteiger partial charge in [-0.2, -0.15) is 0 Å². The van der Waals surface area contributed by atoms with Crippen molar-refractivity contribution < 1.29 is 24.2 Å². The number of nitrogens with one attached hydrogen (secondary N) is 2. The van der Waals surface area contributed by atoms with Gasteiger partial charge in [-0.3, -0.25) is 4.79 Å². The number of urea groups is 1. The molecule has 0 bridgehead atoms. The highest BCUT2D eigenvalue weighted by Crippen LogP contribution is 2.39. The lowest BCUT2D eigenvalue weighted by Gasteiger charge is -2.37. The van der Waals surface area contributed by atoms with Crippen LogP contribution in [0.4, 0.5) is 4.79 Å². The monoisotopic (exact) mass is 299 g/mol. The molecule has 8 nitrogen and oxygen atoms in total. The third kappa shape index (κ3) is 3.10. The number of amides is 3. The maximum absolute atomic E-state index is 12.4. The number of morpholine rings is 1. The molecule has 3 amide bonds. The number of rotatable bonds is 4. The van der Waals surface area contributed by atoms with E-state index in [1.54, 1.807) is 0 Å². The minimum absolute atomic E-state index is 0.0570. The Bertz CT molecular complexity index is 451. The van der Waals surface area contributed by atoms with Gasteiger partial charge in [0.15, 0.2) is 0 Å². The third-order valence-electron chi connectivity index (χ3n) is 4.14. The summed E-state index contributed by atoms with van der Waals surface area (Å²) in [5.41, 5.74) is -1.29. The summed E-state index contributed by atoms with van der Waals surface area (Å²) < 4.78 is 5.22. The van der Waals surface area contributed by atoms with E-state index in [0.29, 0.717) is 6.61 Å². The van der Waals surface area contributed by atoms with Crippen molar-refractivity contribution in [1.29, 1.82) is 0 Å². The van der Waals surface area contributed by atoms with E-state index in [9.17, 15) is 19.5 Å². The number of ether oxygens (including phenoxy) is 1. The normalized spacial score (nSPS) is 24.9. The van der Waals surface area contributed by atoms with Crippen LogP contribution in [0.3, 0.4) is 0 Å². The van der Waals surface area contributed by atoms with Crippen molar-refractivity contribution in [3.8, 4) is 0 Å². The number of hydrogen-bond donors (Lipinski definition) is 3. The van der Waals surface area contributed by atoms with Crippen LogP contribution < -0.4 is 10.6 Å². The molecule has 1 saturated carbocycles. The Morgan fingerprint density at radius 1 is 1.33 bits per heavy atom. The van der Waals surface area contributed by atoms with Crippen LogP contribution in [-0.4, -0.2) is 66.3 Å². The molecule has 0 radical (unpaired) electrons. The maximum Gasteiger partial charge on any atom is 0.329 e. The summed E-state index contributed by atoms with van der Waals surface area (Å²) in [6.07, 6.45) is 1.57. The number of carboxylic acids is 1. The Hall–Kier alpha value is -1.83. The van der Waals surface area contributed by atoms with E-state index in [1.807, 2.05) is 0 Å². The van der Waals surface area contributed by atoms with Crippen molar-refractivity contribution in [3.63, 3.8) is 0 Å². The average molecular weight is 299 g/mol. The second-order valence-electron chi connectivity index (χ2n) is 5.61. The fourth-order valence-electron chi connectivity index (χ4n) is 2.52. The fourth-order valence-corrected chi connectivity index (χ4v) is 2.52. The standard InChI is InChI=1S/C13H21N3O5/c1-13(11(18)19,8-3-4-8)15-12(20)16-5-6-21-7-9(16)10(17)14-2/h8-9H,3-7H2,1-2H3,(H,14,17)(H,15,20)(H,18,19). The molecule has 0 aromatic rings. The average Bonchev–Trinajstić information content (AvgIpc) is 3.31. The molecule has 2 atom stereocenters. The zero-order valence-corrected chi connectivity index (χ0v) is 12.2. The van der Waals surface area contributed by atoms with Crippen LogP contribution in [0.15, 0.2) is 0 Å². The van der Waals surface area contributed by atoms with E-state index in [4.69, 9.17) is 4.74 Å². The first-order chi connectivity index (χ1) is 9.90. The Kier molecular flexibility index (Phi) is 4.36. The second kappa shape index (κ2) is 5.88. The molecule has 2 fully saturated rings. The first kappa shape index (κ1) is 15.6. The molecular formula is C13H21N3O5. The molecule has 0 aromatic carbocycles. The van der Waals surface area contributed by atoms with E-state index in [-0.39, 0.29) is 25.0 Å². The van der Waals surface area contributed by atoms with Gasteiger partial charge in [0.25, 0.3) is 0 Å². The minimum Gasteiger partial charge on any atom is -0.480 e. The van der Waals surface area contributed by atoms with E-state index in [1.165, 1.54) is 18.9 Å². The summed E-state index contributed by atoms with van der Waals surface area (Å²) in [7, 11) is 1.48. The first-order valence-corrected chi connectivity index (χ1v) is 7.01. The van der Waals surface area contributed by atoms with Crippen LogP contribution in [-0.2, 0) is 14.3 Å². The molecule has 21 heavy (non-hydrogen) atoms. The molecule has 118 valence electrons. The van der Waals surface area contributed by atoms with Crippen LogP contribution in [0.1, 0.15) is 19.8 Å². The highest BCUT2D eigenvalue weighted by atomic mass is 16.5. The summed E-state index contributed by atoms with van der Waals surface area (Å²) in [4.78, 5) is 37.0. The van der Waals surface area contributed by atoms with Gasteiger partial charge in [0.1, 0.15) is 11.6 Å². The van der Waals surface area contributed by atoms with Crippen molar-refractivity contribution >= 4 is 17.9 Å². The summed E-state index contributed by atoms with van der Waals surface area (Å²) in [5, 5.41) is 14.4. The summed E-state index contributed by atoms with van der Waals surface area (Å²) in [6, 6.07) is -1.27. The summed E-state index contributed by atoms with van der Waals surface area (Å²) in [6.45, 7) is 2.21. The number of hydrogen-bond acceptors (Lipinski definition) is 4. The Morgan fingerprint density at radius 3 is 2.52 bits per heavy atom. The minimum atomic E-state index is -1.29. The third-order valence-corrected chi connectivity index (χ3v) is 4.14. The predicted octanol–water partition coefficient (Wildman–Crippen LogP) is -0.604. The largest absolute Gasteiger partial charge is 0.480 e. The zero-order valence-electron chi connectivity index (χ0n) is 12.2. The molecule has 1 aliphatic heterocycles.